The zero-order chi connectivity index (χ0) is 19.3. The summed E-state index contributed by atoms with van der Waals surface area (Å²) in [6.45, 7) is 1.21. The zero-order valence-electron chi connectivity index (χ0n) is 14.7. The lowest BCUT2D eigenvalue weighted by Gasteiger charge is -2.21. The second kappa shape index (κ2) is 6.08. The standard InChI is InChI=1S/C21H16ClNO4/c1-12(24)21(26)19-17-11-16(27-2)9-3-13(17)4-10-18(19)23(20(21)25)15-7-5-14(22)6-8-15/h3-11,26H,1-2H3. The highest BCUT2D eigenvalue weighted by Crippen LogP contribution is 2.48. The van der Waals surface area contributed by atoms with Crippen LogP contribution >= 0.6 is 11.6 Å². The molecule has 1 N–H and O–H groups in total. The number of rotatable bonds is 3. The number of halogens is 1. The molecule has 1 aliphatic rings. The molecule has 1 amide bonds. The molecule has 0 aliphatic carbocycles. The van der Waals surface area contributed by atoms with Crippen LogP contribution in [0.2, 0.25) is 5.02 Å². The largest absolute Gasteiger partial charge is 0.497 e. The maximum atomic E-state index is 13.2. The van der Waals surface area contributed by atoms with Crippen molar-refractivity contribution in [3.63, 3.8) is 0 Å². The predicted molar refractivity (Wildman–Crippen MR) is 104 cm³/mol. The van der Waals surface area contributed by atoms with Gasteiger partial charge in [-0.25, -0.2) is 0 Å². The van der Waals surface area contributed by atoms with Crippen LogP contribution in [0.5, 0.6) is 5.75 Å². The molecule has 136 valence electrons. The third-order valence-corrected chi connectivity index (χ3v) is 5.17. The molecule has 1 aliphatic heterocycles. The number of carbonyl (C=O) groups excluding carboxylic acids is 2. The number of aliphatic hydroxyl groups is 1. The second-order valence-electron chi connectivity index (χ2n) is 6.43. The second-order valence-corrected chi connectivity index (χ2v) is 6.87. The van der Waals surface area contributed by atoms with Crippen LogP contribution in [0, 0.1) is 0 Å². The van der Waals surface area contributed by atoms with Crippen molar-refractivity contribution in [1.29, 1.82) is 0 Å². The van der Waals surface area contributed by atoms with Crippen molar-refractivity contribution in [3.8, 4) is 5.75 Å². The molecule has 0 fully saturated rings. The van der Waals surface area contributed by atoms with Gasteiger partial charge in [-0.15, -0.1) is 0 Å². The van der Waals surface area contributed by atoms with E-state index in [1.807, 2.05) is 12.1 Å². The fraction of sp³-hybridized carbons (Fsp3) is 0.143. The third kappa shape index (κ3) is 2.43. The van der Waals surface area contributed by atoms with E-state index in [0.717, 1.165) is 5.39 Å². The van der Waals surface area contributed by atoms with Gasteiger partial charge in [0.2, 0.25) is 5.60 Å². The van der Waals surface area contributed by atoms with Gasteiger partial charge in [0.05, 0.1) is 12.8 Å². The van der Waals surface area contributed by atoms with Crippen molar-refractivity contribution >= 4 is 45.4 Å². The van der Waals surface area contributed by atoms with Gasteiger partial charge in [-0.3, -0.25) is 14.5 Å². The third-order valence-electron chi connectivity index (χ3n) is 4.92. The summed E-state index contributed by atoms with van der Waals surface area (Å²) in [4.78, 5) is 27.0. The molecule has 0 aromatic heterocycles. The summed E-state index contributed by atoms with van der Waals surface area (Å²) < 4.78 is 5.28. The molecule has 0 saturated heterocycles. The van der Waals surface area contributed by atoms with Crippen LogP contribution < -0.4 is 9.64 Å². The van der Waals surface area contributed by atoms with Crippen LogP contribution in [-0.4, -0.2) is 23.9 Å². The van der Waals surface area contributed by atoms with E-state index in [-0.39, 0.29) is 5.56 Å². The summed E-state index contributed by atoms with van der Waals surface area (Å²) in [7, 11) is 1.53. The van der Waals surface area contributed by atoms with E-state index in [9.17, 15) is 14.7 Å². The monoisotopic (exact) mass is 381 g/mol. The molecule has 5 nitrogen and oxygen atoms in total. The van der Waals surface area contributed by atoms with Gasteiger partial charge in [-0.05, 0) is 60.2 Å². The number of methoxy groups -OCH3 is 1. The Labute approximate surface area is 160 Å². The lowest BCUT2D eigenvalue weighted by molar-refractivity contribution is -0.148. The van der Waals surface area contributed by atoms with Gasteiger partial charge in [-0.1, -0.05) is 23.7 Å². The summed E-state index contributed by atoms with van der Waals surface area (Å²) in [5.41, 5.74) is -1.02. The molecule has 3 aromatic rings. The number of fused-ring (bicyclic) bond motifs is 3. The van der Waals surface area contributed by atoms with Crippen LogP contribution in [0.4, 0.5) is 11.4 Å². The molecule has 1 heterocycles. The van der Waals surface area contributed by atoms with Crippen LogP contribution in [0.1, 0.15) is 12.5 Å². The molecule has 0 radical (unpaired) electrons. The molecule has 1 unspecified atom stereocenters. The number of ether oxygens (including phenoxy) is 1. The van der Waals surface area contributed by atoms with E-state index >= 15 is 0 Å². The number of hydrogen-bond donors (Lipinski definition) is 1. The van der Waals surface area contributed by atoms with Gasteiger partial charge in [0, 0.05) is 16.3 Å². The van der Waals surface area contributed by atoms with E-state index in [1.165, 1.54) is 18.9 Å². The highest BCUT2D eigenvalue weighted by molar-refractivity contribution is 6.31. The first-order valence-corrected chi connectivity index (χ1v) is 8.70. The Morgan fingerprint density at radius 3 is 2.41 bits per heavy atom. The number of Topliss-reactive ketones (excluding diaryl/α,β-unsaturated/α-hetero) is 1. The van der Waals surface area contributed by atoms with Gasteiger partial charge >= 0.3 is 0 Å². The number of nitrogens with zero attached hydrogens (tertiary/aromatic N) is 1. The number of anilines is 2. The normalized spacial score (nSPS) is 18.7. The molecular formula is C21H16ClNO4. The molecule has 0 bridgehead atoms. The van der Waals surface area contributed by atoms with Gasteiger partial charge in [0.15, 0.2) is 5.78 Å². The lowest BCUT2D eigenvalue weighted by atomic mass is 9.87. The van der Waals surface area contributed by atoms with E-state index < -0.39 is 17.3 Å². The van der Waals surface area contributed by atoms with Crippen LogP contribution in [0.15, 0.2) is 54.6 Å². The van der Waals surface area contributed by atoms with Crippen molar-refractivity contribution in [2.75, 3.05) is 12.0 Å². The minimum Gasteiger partial charge on any atom is -0.497 e. The number of hydrogen-bond acceptors (Lipinski definition) is 4. The minimum atomic E-state index is -2.26. The van der Waals surface area contributed by atoms with E-state index in [0.29, 0.717) is 27.5 Å². The highest BCUT2D eigenvalue weighted by atomic mass is 35.5. The lowest BCUT2D eigenvalue weighted by Crippen LogP contribution is -2.43. The Balaban J connectivity index is 2.06. The van der Waals surface area contributed by atoms with Crippen LogP contribution in [0.25, 0.3) is 10.8 Å². The Bertz CT molecular complexity index is 1090. The van der Waals surface area contributed by atoms with Gasteiger partial charge in [0.25, 0.3) is 5.91 Å². The number of amides is 1. The molecule has 0 spiro atoms. The Morgan fingerprint density at radius 1 is 1.11 bits per heavy atom. The van der Waals surface area contributed by atoms with Crippen molar-refractivity contribution < 1.29 is 19.4 Å². The van der Waals surface area contributed by atoms with E-state index in [4.69, 9.17) is 16.3 Å². The fourth-order valence-electron chi connectivity index (χ4n) is 3.53. The minimum absolute atomic E-state index is 0.270. The highest BCUT2D eigenvalue weighted by Gasteiger charge is 2.54. The summed E-state index contributed by atoms with van der Waals surface area (Å²) in [6.07, 6.45) is 0. The van der Waals surface area contributed by atoms with E-state index in [1.54, 1.807) is 42.5 Å². The number of benzene rings is 3. The Kier molecular flexibility index (Phi) is 3.94. The number of ketones is 1. The molecular weight excluding hydrogens is 366 g/mol. The maximum absolute atomic E-state index is 13.2. The van der Waals surface area contributed by atoms with Crippen LogP contribution in [-0.2, 0) is 15.2 Å². The van der Waals surface area contributed by atoms with Crippen molar-refractivity contribution in [1.82, 2.24) is 0 Å². The zero-order valence-corrected chi connectivity index (χ0v) is 15.4. The first kappa shape index (κ1) is 17.5. The van der Waals surface area contributed by atoms with Crippen molar-refractivity contribution in [3.05, 3.63) is 65.2 Å². The van der Waals surface area contributed by atoms with Gasteiger partial charge in [0.1, 0.15) is 5.75 Å². The first-order valence-electron chi connectivity index (χ1n) is 8.32. The Morgan fingerprint density at radius 2 is 1.78 bits per heavy atom. The van der Waals surface area contributed by atoms with Crippen LogP contribution in [0.3, 0.4) is 0 Å². The van der Waals surface area contributed by atoms with Gasteiger partial charge < -0.3 is 9.84 Å². The summed E-state index contributed by atoms with van der Waals surface area (Å²) in [5, 5.41) is 13.1. The average molecular weight is 382 g/mol. The summed E-state index contributed by atoms with van der Waals surface area (Å²) in [5.74, 6) is -0.776. The molecule has 0 saturated carbocycles. The molecule has 3 aromatic carbocycles. The van der Waals surface area contributed by atoms with Crippen molar-refractivity contribution in [2.45, 2.75) is 12.5 Å². The Hall–Kier alpha value is -2.89. The fourth-order valence-corrected chi connectivity index (χ4v) is 3.66. The molecule has 4 rings (SSSR count). The van der Waals surface area contributed by atoms with Gasteiger partial charge in [-0.2, -0.15) is 0 Å². The number of carbonyl (C=O) groups is 2. The smallest absolute Gasteiger partial charge is 0.276 e. The summed E-state index contributed by atoms with van der Waals surface area (Å²) >= 11 is 5.95. The summed E-state index contributed by atoms with van der Waals surface area (Å²) in [6, 6.07) is 15.6. The molecule has 1 atom stereocenters. The first-order chi connectivity index (χ1) is 12.9. The predicted octanol–water partition coefficient (Wildman–Crippen LogP) is 3.96. The maximum Gasteiger partial charge on any atom is 0.276 e. The average Bonchev–Trinajstić information content (AvgIpc) is 2.91. The topological polar surface area (TPSA) is 66.8 Å². The van der Waals surface area contributed by atoms with Crippen molar-refractivity contribution in [2.24, 2.45) is 0 Å². The quantitative estimate of drug-likeness (QED) is 0.697. The SMILES string of the molecule is COc1ccc2ccc3c(c2c1)C(O)(C(C)=O)C(=O)N3c1ccc(Cl)cc1. The molecule has 6 heteroatoms. The molecule has 27 heavy (non-hydrogen) atoms. The van der Waals surface area contributed by atoms with E-state index in [2.05, 4.69) is 0 Å².